The first kappa shape index (κ1) is 39.3. The molecule has 0 radical (unpaired) electrons. The molecule has 2 heteroatoms. The van der Waals surface area contributed by atoms with Gasteiger partial charge in [0.1, 0.15) is 0 Å². The molecule has 0 rings (SSSR count). The Labute approximate surface area is 249 Å². The number of rotatable bonds is 30. The van der Waals surface area contributed by atoms with E-state index in [9.17, 15) is 0 Å². The Kier molecular flexibility index (Phi) is 35.3. The molecule has 0 fully saturated rings. The maximum Gasteiger partial charge on any atom is 0.0594 e. The smallest absolute Gasteiger partial charge is 0.0594 e. The molecule has 36 heavy (non-hydrogen) atoms. The van der Waals surface area contributed by atoms with Gasteiger partial charge in [-0.05, 0) is 51.4 Å². The van der Waals surface area contributed by atoms with Crippen LogP contribution in [-0.4, -0.2) is 24.6 Å². The van der Waals surface area contributed by atoms with Gasteiger partial charge in [0.05, 0.1) is 24.6 Å². The van der Waals surface area contributed by atoms with Gasteiger partial charge < -0.3 is 24.0 Å². The first-order valence-electron chi connectivity index (χ1n) is 17.1. The Bertz CT molecular complexity index is 347. The molecule has 220 valence electrons. The summed E-state index contributed by atoms with van der Waals surface area (Å²) in [6.45, 7) is 9.39. The number of hydrogen-bond donors (Lipinski definition) is 0. The van der Waals surface area contributed by atoms with Crippen LogP contribution < -0.4 is 24.0 Å². The Morgan fingerprint density at radius 1 is 0.250 bits per heavy atom. The van der Waals surface area contributed by atoms with Crippen LogP contribution >= 0.6 is 7.26 Å². The summed E-state index contributed by atoms with van der Waals surface area (Å²) in [5.41, 5.74) is 0. The molecule has 0 aliphatic carbocycles. The Morgan fingerprint density at radius 2 is 0.417 bits per heavy atom. The van der Waals surface area contributed by atoms with Gasteiger partial charge in [-0.15, -0.1) is 0 Å². The Hall–Kier alpha value is 1.16. The van der Waals surface area contributed by atoms with Gasteiger partial charge in [-0.2, -0.15) is 0 Å². The number of hydrogen-bond acceptors (Lipinski definition) is 0. The molecular formula is C34H72IP. The topological polar surface area (TPSA) is 0 Å². The molecule has 0 heterocycles. The highest BCUT2D eigenvalue weighted by Crippen LogP contribution is 2.61. The molecule has 0 aromatic heterocycles. The molecule has 0 unspecified atom stereocenters. The molecule has 0 aliphatic heterocycles. The van der Waals surface area contributed by atoms with Crippen LogP contribution in [0, 0.1) is 0 Å². The molecule has 0 spiro atoms. The molecule has 0 saturated carbocycles. The van der Waals surface area contributed by atoms with Gasteiger partial charge in [0.25, 0.3) is 0 Å². The van der Waals surface area contributed by atoms with Gasteiger partial charge in [0, 0.05) is 7.26 Å². The largest absolute Gasteiger partial charge is 1.00 e. The minimum absolute atomic E-state index is 0. The Balaban J connectivity index is 0. The van der Waals surface area contributed by atoms with Crippen LogP contribution in [0.25, 0.3) is 0 Å². The fraction of sp³-hybridized carbons (Fsp3) is 1.00. The maximum atomic E-state index is 2.36. The second-order valence-corrected chi connectivity index (χ2v) is 16.5. The van der Waals surface area contributed by atoms with Crippen molar-refractivity contribution >= 4 is 7.26 Å². The van der Waals surface area contributed by atoms with E-state index in [1.807, 2.05) is 0 Å². The second-order valence-electron chi connectivity index (χ2n) is 12.0. The molecular weight excluding hydrogens is 566 g/mol. The summed E-state index contributed by atoms with van der Waals surface area (Å²) in [7, 11) is -0.726. The zero-order valence-electron chi connectivity index (χ0n) is 26.0. The average molecular weight is 639 g/mol. The third-order valence-electron chi connectivity index (χ3n) is 8.44. The minimum atomic E-state index is -0.726. The lowest BCUT2D eigenvalue weighted by atomic mass is 10.1. The summed E-state index contributed by atoms with van der Waals surface area (Å²) in [6, 6.07) is 0. The van der Waals surface area contributed by atoms with Gasteiger partial charge in [-0.1, -0.05) is 143 Å². The number of halogens is 1. The molecule has 0 nitrogen and oxygen atoms in total. The van der Waals surface area contributed by atoms with Crippen molar-refractivity contribution in [2.24, 2.45) is 0 Å². The van der Waals surface area contributed by atoms with E-state index >= 15 is 0 Å². The summed E-state index contributed by atoms with van der Waals surface area (Å²) in [5, 5.41) is 0. The van der Waals surface area contributed by atoms with Crippen molar-refractivity contribution in [1.82, 2.24) is 0 Å². The van der Waals surface area contributed by atoms with Crippen molar-refractivity contribution in [2.75, 3.05) is 24.6 Å². The van der Waals surface area contributed by atoms with Crippen LogP contribution in [0.1, 0.15) is 195 Å². The van der Waals surface area contributed by atoms with Gasteiger partial charge in [-0.3, -0.25) is 0 Å². The lowest BCUT2D eigenvalue weighted by Gasteiger charge is -2.28. The molecule has 0 N–H and O–H groups in total. The van der Waals surface area contributed by atoms with E-state index in [1.54, 1.807) is 50.3 Å². The molecule has 0 aromatic carbocycles. The summed E-state index contributed by atoms with van der Waals surface area (Å²) in [4.78, 5) is 0. The van der Waals surface area contributed by atoms with Crippen molar-refractivity contribution < 1.29 is 24.0 Å². The van der Waals surface area contributed by atoms with Crippen LogP contribution in [0.4, 0.5) is 0 Å². The first-order chi connectivity index (χ1) is 17.2. The van der Waals surface area contributed by atoms with Crippen LogP contribution in [-0.2, 0) is 0 Å². The quantitative estimate of drug-likeness (QED) is 0.0417. The lowest BCUT2D eigenvalue weighted by molar-refractivity contribution is -0.00000799. The van der Waals surface area contributed by atoms with Crippen molar-refractivity contribution in [2.45, 2.75) is 195 Å². The zero-order valence-corrected chi connectivity index (χ0v) is 29.1. The summed E-state index contributed by atoms with van der Waals surface area (Å²) < 4.78 is 0. The molecule has 0 aliphatic rings. The van der Waals surface area contributed by atoms with Crippen LogP contribution in [0.3, 0.4) is 0 Å². The molecule has 0 bridgehead atoms. The minimum Gasteiger partial charge on any atom is -1.00 e. The van der Waals surface area contributed by atoms with E-state index in [1.165, 1.54) is 141 Å². The second kappa shape index (κ2) is 32.4. The van der Waals surface area contributed by atoms with Gasteiger partial charge >= 0.3 is 0 Å². The first-order valence-corrected chi connectivity index (χ1v) is 19.6. The van der Waals surface area contributed by atoms with Gasteiger partial charge in [0.15, 0.2) is 0 Å². The van der Waals surface area contributed by atoms with Crippen LogP contribution in [0.2, 0.25) is 0 Å². The average Bonchev–Trinajstić information content (AvgIpc) is 2.87. The normalized spacial score (nSPS) is 11.7. The summed E-state index contributed by atoms with van der Waals surface area (Å²) in [6.07, 6.45) is 45.1. The third kappa shape index (κ3) is 26.8. The SMILES string of the molecule is CCCCCCCCCC[P+](CCCCCCC)(CCCCCCC)CCCCCCCCCC.[I-]. The summed E-state index contributed by atoms with van der Waals surface area (Å²) >= 11 is 0. The maximum absolute atomic E-state index is 2.36. The van der Waals surface area contributed by atoms with E-state index in [0.717, 1.165) is 0 Å². The van der Waals surface area contributed by atoms with Crippen molar-refractivity contribution in [3.05, 3.63) is 0 Å². The molecule has 0 aromatic rings. The fourth-order valence-corrected chi connectivity index (χ4v) is 10.9. The van der Waals surface area contributed by atoms with Crippen molar-refractivity contribution in [1.29, 1.82) is 0 Å². The predicted molar refractivity (Wildman–Crippen MR) is 169 cm³/mol. The predicted octanol–water partition coefficient (Wildman–Crippen LogP) is 10.2. The van der Waals surface area contributed by atoms with Crippen LogP contribution in [0.5, 0.6) is 0 Å². The highest BCUT2D eigenvalue weighted by atomic mass is 127. The standard InChI is InChI=1S/C34H72P.HI/c1-5-9-13-17-19-21-25-29-33-35(31-27-23-15-11-7-3,32-28-24-16-12-8-4)34-30-26-22-20-18-14-10-6-2;/h5-34H2,1-4H3;1H/q+1;/p-1. The fourth-order valence-electron chi connectivity index (χ4n) is 5.93. The van der Waals surface area contributed by atoms with E-state index in [-0.39, 0.29) is 24.0 Å². The van der Waals surface area contributed by atoms with Crippen molar-refractivity contribution in [3.8, 4) is 0 Å². The van der Waals surface area contributed by atoms with Gasteiger partial charge in [-0.25, -0.2) is 0 Å². The molecule has 0 atom stereocenters. The monoisotopic (exact) mass is 638 g/mol. The Morgan fingerprint density at radius 3 is 0.611 bits per heavy atom. The van der Waals surface area contributed by atoms with Gasteiger partial charge in [0.2, 0.25) is 0 Å². The molecule has 0 saturated heterocycles. The highest BCUT2D eigenvalue weighted by Gasteiger charge is 2.34. The van der Waals surface area contributed by atoms with E-state index in [2.05, 4.69) is 27.7 Å². The van der Waals surface area contributed by atoms with E-state index in [0.29, 0.717) is 0 Å². The lowest BCUT2D eigenvalue weighted by Crippen LogP contribution is -3.00. The number of unbranched alkanes of at least 4 members (excludes halogenated alkanes) is 22. The highest BCUT2D eigenvalue weighted by molar-refractivity contribution is 7.75. The third-order valence-corrected chi connectivity index (χ3v) is 13.5. The van der Waals surface area contributed by atoms with E-state index < -0.39 is 7.26 Å². The van der Waals surface area contributed by atoms with E-state index in [4.69, 9.17) is 0 Å². The zero-order chi connectivity index (χ0) is 25.7. The molecule has 0 amide bonds. The van der Waals surface area contributed by atoms with Crippen molar-refractivity contribution in [3.63, 3.8) is 0 Å². The summed E-state index contributed by atoms with van der Waals surface area (Å²) in [5.74, 6) is 0. The van der Waals surface area contributed by atoms with Crippen LogP contribution in [0.15, 0.2) is 0 Å².